The molecule has 2 amide bonds. The molecule has 0 unspecified atom stereocenters. The zero-order chi connectivity index (χ0) is 26.7. The molecule has 7 nitrogen and oxygen atoms in total. The van der Waals surface area contributed by atoms with Crippen LogP contribution in [0.5, 0.6) is 11.5 Å². The van der Waals surface area contributed by atoms with E-state index >= 15 is 0 Å². The van der Waals surface area contributed by atoms with E-state index in [9.17, 15) is 14.0 Å². The summed E-state index contributed by atoms with van der Waals surface area (Å²) in [7, 11) is 0. The third-order valence-corrected chi connectivity index (χ3v) is 5.69. The zero-order valence-corrected chi connectivity index (χ0v) is 20.9. The van der Waals surface area contributed by atoms with Crippen molar-refractivity contribution in [1.29, 1.82) is 0 Å². The smallest absolute Gasteiger partial charge is 0.254 e. The fourth-order valence-electron chi connectivity index (χ4n) is 3.83. The predicted octanol–water partition coefficient (Wildman–Crippen LogP) is 5.23. The molecule has 0 aromatic heterocycles. The van der Waals surface area contributed by atoms with Crippen molar-refractivity contribution in [2.75, 3.05) is 13.2 Å². The summed E-state index contributed by atoms with van der Waals surface area (Å²) in [5, 5.41) is 8.79. The minimum atomic E-state index is -0.615. The normalized spacial score (nSPS) is 10.9. The summed E-state index contributed by atoms with van der Waals surface area (Å²) < 4.78 is 25.5. The number of fused-ring (bicyclic) bond motifs is 1. The van der Waals surface area contributed by atoms with Crippen LogP contribution in [-0.4, -0.2) is 31.2 Å². The van der Waals surface area contributed by atoms with Crippen LogP contribution in [0.1, 0.15) is 34.8 Å². The Labute approximate surface area is 220 Å². The van der Waals surface area contributed by atoms with E-state index in [2.05, 4.69) is 34.0 Å². The van der Waals surface area contributed by atoms with Gasteiger partial charge in [0.1, 0.15) is 12.4 Å². The van der Waals surface area contributed by atoms with Crippen LogP contribution in [-0.2, 0) is 11.4 Å². The van der Waals surface area contributed by atoms with E-state index in [1.807, 2.05) is 37.3 Å². The van der Waals surface area contributed by atoms with Gasteiger partial charge in [-0.1, -0.05) is 54.6 Å². The van der Waals surface area contributed by atoms with Crippen molar-refractivity contribution in [3.8, 4) is 11.5 Å². The van der Waals surface area contributed by atoms with Crippen LogP contribution in [0.4, 0.5) is 4.39 Å². The Hall–Kier alpha value is -4.72. The van der Waals surface area contributed by atoms with Gasteiger partial charge in [-0.05, 0) is 59.2 Å². The van der Waals surface area contributed by atoms with Crippen LogP contribution in [0.2, 0.25) is 0 Å². The molecule has 0 fully saturated rings. The third-order valence-electron chi connectivity index (χ3n) is 5.69. The van der Waals surface area contributed by atoms with Crippen LogP contribution < -0.4 is 20.2 Å². The molecule has 0 heterocycles. The van der Waals surface area contributed by atoms with Crippen molar-refractivity contribution in [2.45, 2.75) is 20.0 Å². The largest absolute Gasteiger partial charge is 0.490 e. The SMILES string of the molecule is CCOc1cc(C=NNC(=O)CCNC(=O)c2ccccc2F)ccc1OCc1cccc2ccccc12. The number of hydrogen-bond donors (Lipinski definition) is 2. The fourth-order valence-corrected chi connectivity index (χ4v) is 3.83. The maximum absolute atomic E-state index is 13.7. The summed E-state index contributed by atoms with van der Waals surface area (Å²) in [5.74, 6) is -0.415. The fraction of sp³-hybridized carbons (Fsp3) is 0.167. The van der Waals surface area contributed by atoms with Gasteiger partial charge in [-0.15, -0.1) is 0 Å². The lowest BCUT2D eigenvalue weighted by atomic mass is 10.1. The molecule has 8 heteroatoms. The first-order valence-corrected chi connectivity index (χ1v) is 12.3. The first kappa shape index (κ1) is 26.3. The van der Waals surface area contributed by atoms with Crippen LogP contribution in [0.3, 0.4) is 0 Å². The molecule has 38 heavy (non-hydrogen) atoms. The first-order chi connectivity index (χ1) is 18.5. The van der Waals surface area contributed by atoms with Gasteiger partial charge in [-0.2, -0.15) is 5.10 Å². The molecule has 2 N–H and O–H groups in total. The average Bonchev–Trinajstić information content (AvgIpc) is 2.93. The van der Waals surface area contributed by atoms with Gasteiger partial charge in [0.15, 0.2) is 11.5 Å². The topological polar surface area (TPSA) is 89.0 Å². The summed E-state index contributed by atoms with van der Waals surface area (Å²) in [4.78, 5) is 24.1. The maximum Gasteiger partial charge on any atom is 0.254 e. The first-order valence-electron chi connectivity index (χ1n) is 12.3. The summed E-state index contributed by atoms with van der Waals surface area (Å²) in [6.07, 6.45) is 1.48. The highest BCUT2D eigenvalue weighted by molar-refractivity contribution is 5.94. The summed E-state index contributed by atoms with van der Waals surface area (Å²) in [6.45, 7) is 2.78. The third kappa shape index (κ3) is 6.94. The van der Waals surface area contributed by atoms with Crippen LogP contribution in [0.15, 0.2) is 90.0 Å². The van der Waals surface area contributed by atoms with Gasteiger partial charge in [0.05, 0.1) is 18.4 Å². The molecule has 4 aromatic carbocycles. The predicted molar refractivity (Wildman–Crippen MR) is 145 cm³/mol. The van der Waals surface area contributed by atoms with Crippen LogP contribution in [0, 0.1) is 5.82 Å². The van der Waals surface area contributed by atoms with E-state index < -0.39 is 17.6 Å². The van der Waals surface area contributed by atoms with E-state index in [4.69, 9.17) is 9.47 Å². The van der Waals surface area contributed by atoms with Crippen molar-refractivity contribution in [3.63, 3.8) is 0 Å². The molecular formula is C30H28FN3O4. The molecule has 0 saturated carbocycles. The van der Waals surface area contributed by atoms with E-state index in [1.54, 1.807) is 18.2 Å². The van der Waals surface area contributed by atoms with E-state index in [-0.39, 0.29) is 18.5 Å². The van der Waals surface area contributed by atoms with Crippen molar-refractivity contribution in [1.82, 2.24) is 10.7 Å². The number of ether oxygens (including phenoxy) is 2. The number of nitrogens with zero attached hydrogens (tertiary/aromatic N) is 1. The number of amides is 2. The molecule has 0 spiro atoms. The number of rotatable bonds is 11. The highest BCUT2D eigenvalue weighted by atomic mass is 19.1. The Balaban J connectivity index is 1.30. The monoisotopic (exact) mass is 513 g/mol. The second kappa shape index (κ2) is 13.0. The second-order valence-corrected chi connectivity index (χ2v) is 8.35. The second-order valence-electron chi connectivity index (χ2n) is 8.35. The van der Waals surface area contributed by atoms with Gasteiger partial charge in [-0.3, -0.25) is 9.59 Å². The van der Waals surface area contributed by atoms with Gasteiger partial charge in [-0.25, -0.2) is 9.82 Å². The quantitative estimate of drug-likeness (QED) is 0.212. The molecule has 0 radical (unpaired) electrons. The summed E-state index contributed by atoms with van der Waals surface area (Å²) in [6, 6.07) is 25.3. The zero-order valence-electron chi connectivity index (χ0n) is 20.9. The minimum Gasteiger partial charge on any atom is -0.490 e. The molecule has 0 saturated heterocycles. The minimum absolute atomic E-state index is 0.0112. The van der Waals surface area contributed by atoms with Gasteiger partial charge >= 0.3 is 0 Å². The Morgan fingerprint density at radius 1 is 0.921 bits per heavy atom. The van der Waals surface area contributed by atoms with Crippen LogP contribution >= 0.6 is 0 Å². The number of carbonyl (C=O) groups is 2. The Kier molecular flexibility index (Phi) is 9.02. The Morgan fingerprint density at radius 2 is 1.71 bits per heavy atom. The number of halogens is 1. The van der Waals surface area contributed by atoms with E-state index in [1.165, 1.54) is 24.4 Å². The Morgan fingerprint density at radius 3 is 2.55 bits per heavy atom. The lowest BCUT2D eigenvalue weighted by Crippen LogP contribution is -2.29. The maximum atomic E-state index is 13.7. The van der Waals surface area contributed by atoms with Crippen molar-refractivity contribution in [3.05, 3.63) is 107 Å². The number of carbonyl (C=O) groups excluding carboxylic acids is 2. The van der Waals surface area contributed by atoms with Crippen molar-refractivity contribution in [2.24, 2.45) is 5.10 Å². The number of hydrazone groups is 1. The average molecular weight is 514 g/mol. The molecular weight excluding hydrogens is 485 g/mol. The summed E-state index contributed by atoms with van der Waals surface area (Å²) >= 11 is 0. The van der Waals surface area contributed by atoms with Crippen molar-refractivity contribution >= 4 is 28.8 Å². The molecule has 0 aliphatic rings. The summed E-state index contributed by atoms with van der Waals surface area (Å²) in [5.41, 5.74) is 4.13. The van der Waals surface area contributed by atoms with E-state index in [0.29, 0.717) is 30.3 Å². The van der Waals surface area contributed by atoms with Gasteiger partial charge < -0.3 is 14.8 Å². The molecule has 0 atom stereocenters. The van der Waals surface area contributed by atoms with Crippen molar-refractivity contribution < 1.29 is 23.5 Å². The molecule has 0 aliphatic heterocycles. The van der Waals surface area contributed by atoms with Gasteiger partial charge in [0, 0.05) is 13.0 Å². The molecule has 4 rings (SSSR count). The highest BCUT2D eigenvalue weighted by Crippen LogP contribution is 2.30. The molecule has 0 aliphatic carbocycles. The molecule has 0 bridgehead atoms. The highest BCUT2D eigenvalue weighted by Gasteiger charge is 2.11. The number of nitrogens with one attached hydrogen (secondary N) is 2. The lowest BCUT2D eigenvalue weighted by Gasteiger charge is -2.13. The van der Waals surface area contributed by atoms with Crippen LogP contribution in [0.25, 0.3) is 10.8 Å². The van der Waals surface area contributed by atoms with E-state index in [0.717, 1.165) is 16.3 Å². The lowest BCUT2D eigenvalue weighted by molar-refractivity contribution is -0.120. The Bertz CT molecular complexity index is 1450. The molecule has 4 aromatic rings. The standard InChI is InChI=1S/C30H28FN3O4/c1-2-37-28-18-21(14-15-27(28)38-20-23-10-7-9-22-8-3-4-11-24(22)23)19-33-34-29(35)16-17-32-30(36)25-12-5-6-13-26(25)31/h3-15,18-19H,2,16-17,20H2,1H3,(H,32,36)(H,34,35). The molecule has 194 valence electrons. The van der Waals surface area contributed by atoms with Gasteiger partial charge in [0.2, 0.25) is 5.91 Å². The number of hydrogen-bond acceptors (Lipinski definition) is 5. The van der Waals surface area contributed by atoms with Gasteiger partial charge in [0.25, 0.3) is 5.91 Å². The number of benzene rings is 4.